The van der Waals surface area contributed by atoms with Crippen LogP contribution >= 0.6 is 0 Å². The Kier molecular flexibility index (Phi) is 7.09. The molecule has 2 N–H and O–H groups in total. The van der Waals surface area contributed by atoms with Crippen molar-refractivity contribution < 1.29 is 0 Å². The molecule has 0 spiro atoms. The Labute approximate surface area is 107 Å². The molecule has 1 saturated heterocycles. The fourth-order valence-electron chi connectivity index (χ4n) is 2.78. The number of rotatable bonds is 6. The lowest BCUT2D eigenvalue weighted by molar-refractivity contribution is 0.171. The Morgan fingerprint density at radius 2 is 2.06 bits per heavy atom. The van der Waals surface area contributed by atoms with E-state index in [-0.39, 0.29) is 0 Å². The van der Waals surface area contributed by atoms with Crippen molar-refractivity contribution in [2.24, 2.45) is 5.73 Å². The van der Waals surface area contributed by atoms with Crippen molar-refractivity contribution >= 4 is 0 Å². The first kappa shape index (κ1) is 14.9. The molecule has 102 valence electrons. The van der Waals surface area contributed by atoms with Crippen LogP contribution in [0.3, 0.4) is 0 Å². The van der Waals surface area contributed by atoms with Crippen molar-refractivity contribution in [1.29, 1.82) is 0 Å². The zero-order valence-corrected chi connectivity index (χ0v) is 12.0. The molecule has 2 unspecified atom stereocenters. The third-order valence-corrected chi connectivity index (χ3v) is 3.89. The third kappa shape index (κ3) is 5.36. The van der Waals surface area contributed by atoms with E-state index in [0.29, 0.717) is 12.1 Å². The highest BCUT2D eigenvalue weighted by Crippen LogP contribution is 2.13. The maximum atomic E-state index is 6.24. The number of likely N-dealkylation sites (N-methyl/N-ethyl adjacent to an activating group) is 1. The van der Waals surface area contributed by atoms with E-state index in [1.165, 1.54) is 51.7 Å². The van der Waals surface area contributed by atoms with Gasteiger partial charge in [-0.2, -0.15) is 0 Å². The standard InChI is InChI=1S/C14H31N3/c1-4-6-8-13(15)11-17-10-7-9-16(3)12-14(17)5-2/h13-14H,4-12,15H2,1-3H3. The lowest BCUT2D eigenvalue weighted by Gasteiger charge is -2.32. The van der Waals surface area contributed by atoms with Crippen LogP contribution in [0.5, 0.6) is 0 Å². The van der Waals surface area contributed by atoms with E-state index < -0.39 is 0 Å². The summed E-state index contributed by atoms with van der Waals surface area (Å²) in [6, 6.07) is 1.07. The van der Waals surface area contributed by atoms with Crippen LogP contribution in [0.4, 0.5) is 0 Å². The molecule has 17 heavy (non-hydrogen) atoms. The van der Waals surface area contributed by atoms with Crippen LogP contribution in [0.25, 0.3) is 0 Å². The minimum absolute atomic E-state index is 0.368. The van der Waals surface area contributed by atoms with Crippen molar-refractivity contribution in [2.45, 2.75) is 58.0 Å². The van der Waals surface area contributed by atoms with Gasteiger partial charge in [-0.05, 0) is 39.4 Å². The monoisotopic (exact) mass is 241 g/mol. The number of unbranched alkanes of at least 4 members (excludes halogenated alkanes) is 1. The SMILES string of the molecule is CCCCC(N)CN1CCCN(C)CC1CC. The largest absolute Gasteiger partial charge is 0.327 e. The molecule has 0 aliphatic carbocycles. The van der Waals surface area contributed by atoms with E-state index >= 15 is 0 Å². The third-order valence-electron chi connectivity index (χ3n) is 3.89. The summed E-state index contributed by atoms with van der Waals surface area (Å²) in [5.41, 5.74) is 6.24. The zero-order chi connectivity index (χ0) is 12.7. The molecule has 0 bridgehead atoms. The average Bonchev–Trinajstić information content (AvgIpc) is 2.48. The van der Waals surface area contributed by atoms with E-state index in [9.17, 15) is 0 Å². The molecule has 0 aromatic heterocycles. The zero-order valence-electron chi connectivity index (χ0n) is 12.0. The summed E-state index contributed by atoms with van der Waals surface area (Å²) in [6.07, 6.45) is 6.23. The fraction of sp³-hybridized carbons (Fsp3) is 1.00. The Morgan fingerprint density at radius 3 is 2.71 bits per heavy atom. The van der Waals surface area contributed by atoms with Gasteiger partial charge in [-0.15, -0.1) is 0 Å². The van der Waals surface area contributed by atoms with Crippen molar-refractivity contribution in [3.8, 4) is 0 Å². The molecule has 0 radical (unpaired) electrons. The summed E-state index contributed by atoms with van der Waals surface area (Å²) in [5.74, 6) is 0. The Morgan fingerprint density at radius 1 is 1.29 bits per heavy atom. The lowest BCUT2D eigenvalue weighted by Crippen LogP contribution is -2.45. The molecule has 2 atom stereocenters. The normalized spacial score (nSPS) is 25.8. The molecule has 1 rings (SSSR count). The van der Waals surface area contributed by atoms with Gasteiger partial charge in [0.05, 0.1) is 0 Å². The van der Waals surface area contributed by atoms with Crippen LogP contribution in [0.2, 0.25) is 0 Å². The number of hydrogen-bond donors (Lipinski definition) is 1. The van der Waals surface area contributed by atoms with Crippen molar-refractivity contribution in [2.75, 3.05) is 33.2 Å². The fourth-order valence-corrected chi connectivity index (χ4v) is 2.78. The average molecular weight is 241 g/mol. The number of hydrogen-bond acceptors (Lipinski definition) is 3. The first-order valence-corrected chi connectivity index (χ1v) is 7.35. The predicted molar refractivity (Wildman–Crippen MR) is 75.3 cm³/mol. The van der Waals surface area contributed by atoms with E-state index in [1.807, 2.05) is 0 Å². The van der Waals surface area contributed by atoms with Crippen molar-refractivity contribution in [3.05, 3.63) is 0 Å². The molecule has 1 heterocycles. The summed E-state index contributed by atoms with van der Waals surface area (Å²) in [5, 5.41) is 0. The van der Waals surface area contributed by atoms with Gasteiger partial charge in [-0.25, -0.2) is 0 Å². The Balaban J connectivity index is 2.42. The quantitative estimate of drug-likeness (QED) is 0.771. The van der Waals surface area contributed by atoms with Gasteiger partial charge in [0.25, 0.3) is 0 Å². The summed E-state index contributed by atoms with van der Waals surface area (Å²) in [6.45, 7) is 9.29. The highest BCUT2D eigenvalue weighted by Gasteiger charge is 2.22. The molecular weight excluding hydrogens is 210 g/mol. The van der Waals surface area contributed by atoms with Gasteiger partial charge in [0.15, 0.2) is 0 Å². The van der Waals surface area contributed by atoms with Crippen molar-refractivity contribution in [3.63, 3.8) is 0 Å². The van der Waals surface area contributed by atoms with Gasteiger partial charge < -0.3 is 10.6 Å². The smallest absolute Gasteiger partial charge is 0.0221 e. The number of nitrogens with two attached hydrogens (primary N) is 1. The summed E-state index contributed by atoms with van der Waals surface area (Å²) < 4.78 is 0. The maximum absolute atomic E-state index is 6.24. The summed E-state index contributed by atoms with van der Waals surface area (Å²) >= 11 is 0. The first-order valence-electron chi connectivity index (χ1n) is 7.35. The second kappa shape index (κ2) is 8.06. The van der Waals surface area contributed by atoms with Crippen LogP contribution in [-0.2, 0) is 0 Å². The highest BCUT2D eigenvalue weighted by molar-refractivity contribution is 4.80. The molecule has 1 aliphatic heterocycles. The molecule has 3 nitrogen and oxygen atoms in total. The molecule has 1 aliphatic rings. The Bertz CT molecular complexity index is 196. The molecule has 0 saturated carbocycles. The first-order chi connectivity index (χ1) is 8.17. The van der Waals surface area contributed by atoms with Gasteiger partial charge in [-0.1, -0.05) is 26.7 Å². The molecule has 0 aromatic rings. The topological polar surface area (TPSA) is 32.5 Å². The molecule has 0 amide bonds. The van der Waals surface area contributed by atoms with Gasteiger partial charge in [0.2, 0.25) is 0 Å². The molecule has 3 heteroatoms. The van der Waals surface area contributed by atoms with Gasteiger partial charge >= 0.3 is 0 Å². The van der Waals surface area contributed by atoms with E-state index in [4.69, 9.17) is 5.73 Å². The van der Waals surface area contributed by atoms with E-state index in [1.54, 1.807) is 0 Å². The minimum Gasteiger partial charge on any atom is -0.327 e. The lowest BCUT2D eigenvalue weighted by atomic mass is 10.1. The highest BCUT2D eigenvalue weighted by atomic mass is 15.2. The maximum Gasteiger partial charge on any atom is 0.0221 e. The number of nitrogens with zero attached hydrogens (tertiary/aromatic N) is 2. The van der Waals surface area contributed by atoms with Gasteiger partial charge in [0.1, 0.15) is 0 Å². The van der Waals surface area contributed by atoms with Gasteiger partial charge in [0, 0.05) is 25.2 Å². The van der Waals surface area contributed by atoms with Crippen LogP contribution in [-0.4, -0.2) is 55.1 Å². The van der Waals surface area contributed by atoms with Crippen molar-refractivity contribution in [1.82, 2.24) is 9.80 Å². The van der Waals surface area contributed by atoms with Gasteiger partial charge in [-0.3, -0.25) is 4.90 Å². The predicted octanol–water partition coefficient (Wildman–Crippen LogP) is 1.92. The van der Waals surface area contributed by atoms with Crippen LogP contribution in [0.15, 0.2) is 0 Å². The molecule has 0 aromatic carbocycles. The van der Waals surface area contributed by atoms with E-state index in [2.05, 4.69) is 30.7 Å². The Hall–Kier alpha value is -0.120. The molecular formula is C14H31N3. The van der Waals surface area contributed by atoms with Crippen LogP contribution in [0.1, 0.15) is 46.0 Å². The second-order valence-corrected chi connectivity index (χ2v) is 5.58. The summed E-state index contributed by atoms with van der Waals surface area (Å²) in [7, 11) is 2.24. The molecule has 1 fully saturated rings. The van der Waals surface area contributed by atoms with Crippen LogP contribution < -0.4 is 5.73 Å². The van der Waals surface area contributed by atoms with Crippen LogP contribution in [0, 0.1) is 0 Å². The summed E-state index contributed by atoms with van der Waals surface area (Å²) in [4.78, 5) is 5.09. The second-order valence-electron chi connectivity index (χ2n) is 5.58. The minimum atomic E-state index is 0.368. The van der Waals surface area contributed by atoms with E-state index in [0.717, 1.165) is 6.54 Å².